The number of para-hydroxylation sites is 2. The van der Waals surface area contributed by atoms with E-state index in [2.05, 4.69) is 21.0 Å². The number of nitrogens with zero attached hydrogens (tertiary/aromatic N) is 1. The third kappa shape index (κ3) is 3.60. The number of hydrogen-bond donors (Lipinski definition) is 3. The molecule has 0 atom stereocenters. The Hall–Kier alpha value is -3.35. The minimum absolute atomic E-state index is 0.201. The van der Waals surface area contributed by atoms with Crippen molar-refractivity contribution in [2.24, 2.45) is 0 Å². The summed E-state index contributed by atoms with van der Waals surface area (Å²) in [7, 11) is 0. The predicted molar refractivity (Wildman–Crippen MR) is 93.1 cm³/mol. The number of hydrogen-bond acceptors (Lipinski definition) is 4. The van der Waals surface area contributed by atoms with Crippen molar-refractivity contribution in [2.75, 3.05) is 6.61 Å². The van der Waals surface area contributed by atoms with Crippen LogP contribution in [0.3, 0.4) is 0 Å². The number of rotatable bonds is 4. The fraction of sp³-hybridized carbons (Fsp3) is 0.167. The molecule has 2 amide bonds. The zero-order valence-electron chi connectivity index (χ0n) is 13.9. The number of ether oxygens (including phenoxy) is 1. The number of aromatic nitrogens is 2. The fourth-order valence-corrected chi connectivity index (χ4v) is 2.52. The molecule has 0 bridgehead atoms. The van der Waals surface area contributed by atoms with Crippen LogP contribution in [0.15, 0.2) is 42.5 Å². The molecule has 0 radical (unpaired) electrons. The minimum atomic E-state index is -0.502. The summed E-state index contributed by atoms with van der Waals surface area (Å²) in [6.07, 6.45) is 0. The largest absolute Gasteiger partial charge is 0.483 e. The van der Waals surface area contributed by atoms with Crippen LogP contribution in [-0.4, -0.2) is 28.6 Å². The van der Waals surface area contributed by atoms with Gasteiger partial charge in [-0.3, -0.25) is 25.5 Å². The van der Waals surface area contributed by atoms with Gasteiger partial charge in [0.2, 0.25) is 0 Å². The monoisotopic (exact) mass is 338 g/mol. The third-order valence-corrected chi connectivity index (χ3v) is 3.76. The molecule has 2 aromatic carbocycles. The molecule has 0 saturated heterocycles. The van der Waals surface area contributed by atoms with Gasteiger partial charge in [0.25, 0.3) is 11.8 Å². The van der Waals surface area contributed by atoms with E-state index >= 15 is 0 Å². The topological polar surface area (TPSA) is 96.1 Å². The van der Waals surface area contributed by atoms with E-state index in [1.54, 1.807) is 6.07 Å². The smallest absolute Gasteiger partial charge is 0.290 e. The quantitative estimate of drug-likeness (QED) is 0.634. The van der Waals surface area contributed by atoms with E-state index in [9.17, 15) is 9.59 Å². The normalized spacial score (nSPS) is 10.5. The lowest BCUT2D eigenvalue weighted by Crippen LogP contribution is -2.44. The Balaban J connectivity index is 1.56. The highest BCUT2D eigenvalue weighted by Gasteiger charge is 2.14. The number of benzene rings is 2. The fourth-order valence-electron chi connectivity index (χ4n) is 2.52. The summed E-state index contributed by atoms with van der Waals surface area (Å²) < 4.78 is 5.54. The van der Waals surface area contributed by atoms with Gasteiger partial charge >= 0.3 is 0 Å². The highest BCUT2D eigenvalue weighted by atomic mass is 16.5. The van der Waals surface area contributed by atoms with Gasteiger partial charge in [0.15, 0.2) is 12.3 Å². The molecule has 0 spiro atoms. The van der Waals surface area contributed by atoms with Crippen molar-refractivity contribution in [1.29, 1.82) is 0 Å². The SMILES string of the molecule is Cc1cccc(C)c1OCC(=O)NNC(=O)c1n[nH]c2ccccc12. The first-order valence-electron chi connectivity index (χ1n) is 7.77. The molecular formula is C18H18N4O3. The average Bonchev–Trinajstić information content (AvgIpc) is 3.03. The van der Waals surface area contributed by atoms with Crippen molar-refractivity contribution in [2.45, 2.75) is 13.8 Å². The molecule has 0 saturated carbocycles. The van der Waals surface area contributed by atoms with Gasteiger partial charge in [-0.1, -0.05) is 36.4 Å². The van der Waals surface area contributed by atoms with Gasteiger partial charge in [0.05, 0.1) is 5.52 Å². The number of carbonyl (C=O) groups excluding carboxylic acids is 2. The first kappa shape index (κ1) is 16.5. The van der Waals surface area contributed by atoms with Crippen LogP contribution in [0.4, 0.5) is 0 Å². The first-order valence-corrected chi connectivity index (χ1v) is 7.77. The van der Waals surface area contributed by atoms with Crippen molar-refractivity contribution in [3.05, 3.63) is 59.3 Å². The Morgan fingerprint density at radius 1 is 1.04 bits per heavy atom. The molecule has 25 heavy (non-hydrogen) atoms. The maximum Gasteiger partial charge on any atom is 0.290 e. The van der Waals surface area contributed by atoms with Gasteiger partial charge in [-0.2, -0.15) is 5.10 Å². The van der Waals surface area contributed by atoms with Crippen LogP contribution in [0.5, 0.6) is 5.75 Å². The second-order valence-corrected chi connectivity index (χ2v) is 5.63. The van der Waals surface area contributed by atoms with Gasteiger partial charge in [-0.15, -0.1) is 0 Å². The van der Waals surface area contributed by atoms with Gasteiger partial charge in [-0.05, 0) is 31.0 Å². The predicted octanol–water partition coefficient (Wildman–Crippen LogP) is 2.02. The molecule has 0 unspecified atom stereocenters. The van der Waals surface area contributed by atoms with Gasteiger partial charge < -0.3 is 4.74 Å². The number of hydrazine groups is 1. The Kier molecular flexibility index (Phi) is 4.65. The van der Waals surface area contributed by atoms with Gasteiger partial charge in [0, 0.05) is 5.39 Å². The third-order valence-electron chi connectivity index (χ3n) is 3.76. The number of aryl methyl sites for hydroxylation is 2. The van der Waals surface area contributed by atoms with E-state index in [1.165, 1.54) is 0 Å². The molecule has 3 aromatic rings. The summed E-state index contributed by atoms with van der Waals surface area (Å²) in [5, 5.41) is 7.42. The van der Waals surface area contributed by atoms with Gasteiger partial charge in [-0.25, -0.2) is 0 Å². The van der Waals surface area contributed by atoms with Crippen molar-refractivity contribution in [3.8, 4) is 5.75 Å². The number of carbonyl (C=O) groups is 2. The maximum atomic E-state index is 12.2. The van der Waals surface area contributed by atoms with Crippen LogP contribution in [0, 0.1) is 13.8 Å². The van der Waals surface area contributed by atoms with Crippen molar-refractivity contribution in [1.82, 2.24) is 21.0 Å². The molecule has 3 N–H and O–H groups in total. The Bertz CT molecular complexity index is 913. The van der Waals surface area contributed by atoms with Crippen LogP contribution >= 0.6 is 0 Å². The van der Waals surface area contributed by atoms with Crippen LogP contribution in [0.1, 0.15) is 21.6 Å². The van der Waals surface area contributed by atoms with Crippen molar-refractivity contribution < 1.29 is 14.3 Å². The molecule has 0 fully saturated rings. The highest BCUT2D eigenvalue weighted by Crippen LogP contribution is 2.22. The number of fused-ring (bicyclic) bond motifs is 1. The first-order chi connectivity index (χ1) is 12.1. The molecular weight excluding hydrogens is 320 g/mol. The summed E-state index contributed by atoms with van der Waals surface area (Å²) in [6.45, 7) is 3.61. The second kappa shape index (κ2) is 7.04. The van der Waals surface area contributed by atoms with Crippen LogP contribution in [0.2, 0.25) is 0 Å². The Morgan fingerprint density at radius 2 is 1.76 bits per heavy atom. The highest BCUT2D eigenvalue weighted by molar-refractivity contribution is 6.05. The number of H-pyrrole nitrogens is 1. The lowest BCUT2D eigenvalue weighted by atomic mass is 10.1. The lowest BCUT2D eigenvalue weighted by molar-refractivity contribution is -0.123. The molecule has 7 heteroatoms. The molecule has 0 aliphatic heterocycles. The molecule has 3 rings (SSSR count). The molecule has 7 nitrogen and oxygen atoms in total. The summed E-state index contributed by atoms with van der Waals surface area (Å²) in [6, 6.07) is 13.0. The van der Waals surface area contributed by atoms with E-state index in [4.69, 9.17) is 4.74 Å². The zero-order valence-corrected chi connectivity index (χ0v) is 13.9. The summed E-state index contributed by atoms with van der Waals surface area (Å²) in [5.41, 5.74) is 7.52. The Labute approximate surface area is 144 Å². The average molecular weight is 338 g/mol. The standard InChI is InChI=1S/C18H18N4O3/c1-11-6-5-7-12(2)17(11)25-10-15(23)20-22-18(24)16-13-8-3-4-9-14(13)19-21-16/h3-9H,10H2,1-2H3,(H,19,21)(H,20,23)(H,22,24). The second-order valence-electron chi connectivity index (χ2n) is 5.63. The minimum Gasteiger partial charge on any atom is -0.483 e. The van der Waals surface area contributed by atoms with Gasteiger partial charge in [0.1, 0.15) is 5.75 Å². The number of nitrogens with one attached hydrogen (secondary N) is 3. The molecule has 128 valence electrons. The molecule has 0 aliphatic carbocycles. The molecule has 1 aromatic heterocycles. The van der Waals surface area contributed by atoms with E-state index in [0.29, 0.717) is 11.1 Å². The molecule has 0 aliphatic rings. The Morgan fingerprint density at radius 3 is 2.52 bits per heavy atom. The van der Waals surface area contributed by atoms with Crippen LogP contribution < -0.4 is 15.6 Å². The summed E-state index contributed by atoms with van der Waals surface area (Å²) in [4.78, 5) is 24.1. The lowest BCUT2D eigenvalue weighted by Gasteiger charge is -2.12. The molecule has 1 heterocycles. The van der Waals surface area contributed by atoms with E-state index in [1.807, 2.05) is 50.2 Å². The maximum absolute atomic E-state index is 12.2. The van der Waals surface area contributed by atoms with E-state index in [-0.39, 0.29) is 12.3 Å². The number of aromatic amines is 1. The summed E-state index contributed by atoms with van der Waals surface area (Å²) >= 11 is 0. The summed E-state index contributed by atoms with van der Waals surface area (Å²) in [5.74, 6) is -0.295. The van der Waals surface area contributed by atoms with Crippen molar-refractivity contribution in [3.63, 3.8) is 0 Å². The van der Waals surface area contributed by atoms with Crippen LogP contribution in [-0.2, 0) is 4.79 Å². The van der Waals surface area contributed by atoms with Crippen LogP contribution in [0.25, 0.3) is 10.9 Å². The van der Waals surface area contributed by atoms with Crippen molar-refractivity contribution >= 4 is 22.7 Å². The van der Waals surface area contributed by atoms with E-state index in [0.717, 1.165) is 16.6 Å². The number of amides is 2. The zero-order chi connectivity index (χ0) is 17.8. The van der Waals surface area contributed by atoms with E-state index < -0.39 is 11.8 Å².